The second-order valence-corrected chi connectivity index (χ2v) is 16.2. The van der Waals surface area contributed by atoms with Crippen LogP contribution in [0.5, 0.6) is 0 Å². The molecule has 0 aliphatic rings. The number of nitrogens with zero attached hydrogens (tertiary/aromatic N) is 3. The van der Waals surface area contributed by atoms with Gasteiger partial charge in [-0.2, -0.15) is 0 Å². The summed E-state index contributed by atoms with van der Waals surface area (Å²) in [6, 6.07) is 18.5. The normalized spacial score (nSPS) is 13.1. The van der Waals surface area contributed by atoms with Crippen LogP contribution in [0.4, 0.5) is 20.1 Å². The Hall–Kier alpha value is -4.95. The van der Waals surface area contributed by atoms with E-state index in [2.05, 4.69) is 26.3 Å². The number of alkyl carbamates (subject to hydrolysis) is 2. The molecule has 4 amide bonds. The molecule has 2 atom stereocenters. The zero-order valence-corrected chi connectivity index (χ0v) is 34.2. The number of anilines is 1. The highest BCUT2D eigenvalue weighted by atomic mass is 16.6. The lowest BCUT2D eigenvalue weighted by molar-refractivity contribution is -0.120. The van der Waals surface area contributed by atoms with Crippen LogP contribution in [-0.4, -0.2) is 101 Å². The van der Waals surface area contributed by atoms with Crippen molar-refractivity contribution in [3.8, 4) is 0 Å². The van der Waals surface area contributed by atoms with Gasteiger partial charge in [-0.15, -0.1) is 0 Å². The molecule has 0 radical (unpaired) electrons. The number of carbonyl (C=O) groups is 4. The quantitative estimate of drug-likeness (QED) is 0.0917. The number of rotatable bonds is 16. The fourth-order valence-corrected chi connectivity index (χ4v) is 5.50. The van der Waals surface area contributed by atoms with E-state index < -0.39 is 47.4 Å². The van der Waals surface area contributed by atoms with Crippen molar-refractivity contribution in [2.75, 3.05) is 38.0 Å². The van der Waals surface area contributed by atoms with Crippen molar-refractivity contribution in [3.63, 3.8) is 0 Å². The minimum Gasteiger partial charge on any atom is -0.444 e. The maximum Gasteiger partial charge on any atom is 0.412 e. The van der Waals surface area contributed by atoms with Crippen LogP contribution in [0.15, 0.2) is 66.9 Å². The molecule has 0 saturated carbocycles. The maximum atomic E-state index is 14.3. The largest absolute Gasteiger partial charge is 0.444 e. The first-order valence-corrected chi connectivity index (χ1v) is 18.9. The van der Waals surface area contributed by atoms with Gasteiger partial charge in [0.05, 0.1) is 23.4 Å². The Bertz CT molecular complexity index is 1670. The second kappa shape index (κ2) is 20.1. The number of hydrogen-bond acceptors (Lipinski definition) is 10. The number of aryl methyl sites for hydroxylation is 1. The van der Waals surface area contributed by atoms with Gasteiger partial charge in [0.1, 0.15) is 23.1 Å². The number of fused-ring (bicyclic) bond motifs is 1. The third kappa shape index (κ3) is 16.5. The second-order valence-electron chi connectivity index (χ2n) is 16.2. The van der Waals surface area contributed by atoms with E-state index in [1.807, 2.05) is 72.5 Å². The van der Waals surface area contributed by atoms with Gasteiger partial charge in [0.25, 0.3) is 0 Å². The van der Waals surface area contributed by atoms with Gasteiger partial charge in [-0.25, -0.2) is 14.4 Å². The molecule has 302 valence electrons. The molecule has 0 fully saturated rings. The van der Waals surface area contributed by atoms with Gasteiger partial charge in [0.15, 0.2) is 0 Å². The molecule has 55 heavy (non-hydrogen) atoms. The molecular formula is C41H61N7O7. The van der Waals surface area contributed by atoms with Gasteiger partial charge in [-0.05, 0) is 99.8 Å². The van der Waals surface area contributed by atoms with Crippen molar-refractivity contribution < 1.29 is 33.4 Å². The van der Waals surface area contributed by atoms with Crippen LogP contribution in [-0.2, 0) is 25.4 Å². The van der Waals surface area contributed by atoms with E-state index >= 15 is 0 Å². The Morgan fingerprint density at radius 1 is 0.745 bits per heavy atom. The van der Waals surface area contributed by atoms with Gasteiger partial charge in [-0.3, -0.25) is 24.9 Å². The molecule has 0 aliphatic heterocycles. The SMILES string of the molecule is CCN(C(=O)OC(C)(C)C)C(N[C@@H](CCc1ccccc1)C(=O)Nc1cnc2ccccc2c1)N(CCNC(=O)OC(C)(C)C)CCNC(=O)OC(C)(C)C. The van der Waals surface area contributed by atoms with Crippen molar-refractivity contribution in [3.05, 3.63) is 72.4 Å². The van der Waals surface area contributed by atoms with Crippen molar-refractivity contribution in [1.82, 2.24) is 30.7 Å². The van der Waals surface area contributed by atoms with Crippen LogP contribution in [0.1, 0.15) is 81.2 Å². The number of para-hydroxylation sites is 1. The molecule has 0 spiro atoms. The van der Waals surface area contributed by atoms with E-state index in [0.29, 0.717) is 18.5 Å². The molecule has 4 N–H and O–H groups in total. The molecular weight excluding hydrogens is 702 g/mol. The Kier molecular flexibility index (Phi) is 16.2. The first kappa shape index (κ1) is 44.4. The van der Waals surface area contributed by atoms with Crippen LogP contribution < -0.4 is 21.3 Å². The zero-order valence-electron chi connectivity index (χ0n) is 34.2. The minimum absolute atomic E-state index is 0.120. The van der Waals surface area contributed by atoms with E-state index in [9.17, 15) is 19.2 Å². The van der Waals surface area contributed by atoms with Crippen molar-refractivity contribution in [2.24, 2.45) is 0 Å². The average Bonchev–Trinajstić information content (AvgIpc) is 3.07. The van der Waals surface area contributed by atoms with Crippen LogP contribution in [0.3, 0.4) is 0 Å². The summed E-state index contributed by atoms with van der Waals surface area (Å²) in [5.41, 5.74) is 0.119. The van der Waals surface area contributed by atoms with Gasteiger partial charge in [-0.1, -0.05) is 48.5 Å². The first-order valence-electron chi connectivity index (χ1n) is 18.9. The molecule has 0 aliphatic carbocycles. The zero-order chi connectivity index (χ0) is 40.8. The lowest BCUT2D eigenvalue weighted by atomic mass is 10.0. The summed E-state index contributed by atoms with van der Waals surface area (Å²) in [6.07, 6.45) is -0.241. The van der Waals surface area contributed by atoms with Crippen molar-refractivity contribution >= 4 is 40.8 Å². The summed E-state index contributed by atoms with van der Waals surface area (Å²) < 4.78 is 16.8. The topological polar surface area (TPSA) is 163 Å². The summed E-state index contributed by atoms with van der Waals surface area (Å²) in [7, 11) is 0. The minimum atomic E-state index is -0.943. The fourth-order valence-electron chi connectivity index (χ4n) is 5.50. The maximum absolute atomic E-state index is 14.3. The molecule has 1 heterocycles. The summed E-state index contributed by atoms with van der Waals surface area (Å²) >= 11 is 0. The summed E-state index contributed by atoms with van der Waals surface area (Å²) in [4.78, 5) is 61.4. The summed E-state index contributed by atoms with van der Waals surface area (Å²) in [5, 5.41) is 13.0. The van der Waals surface area contributed by atoms with Crippen molar-refractivity contribution in [2.45, 2.75) is 111 Å². The highest BCUT2D eigenvalue weighted by Crippen LogP contribution is 2.19. The number of pyridine rings is 1. The van der Waals surface area contributed by atoms with Crippen LogP contribution in [0.25, 0.3) is 10.9 Å². The fraction of sp³-hybridized carbons (Fsp3) is 0.537. The standard InChI is InChI=1S/C41H61N7O7/c1-11-48(38(52)55-41(8,9)10)35(47(25-23-42-36(50)53-39(2,3)4)26-24-43-37(51)54-40(5,6)7)46-33(22-21-29-17-13-12-14-18-29)34(49)45-31-27-30-19-15-16-20-32(30)44-28-31/h12-20,27-28,33,35,46H,11,21-26H2,1-10H3,(H,42,50)(H,43,51)(H,45,49)/t33-,35?/m0/s1. The predicted molar refractivity (Wildman–Crippen MR) is 215 cm³/mol. The molecule has 0 bridgehead atoms. The summed E-state index contributed by atoms with van der Waals surface area (Å²) in [6.45, 7) is 18.6. The van der Waals surface area contributed by atoms with E-state index in [-0.39, 0.29) is 38.6 Å². The summed E-state index contributed by atoms with van der Waals surface area (Å²) in [5.74, 6) is -0.336. The van der Waals surface area contributed by atoms with Gasteiger partial charge >= 0.3 is 18.3 Å². The van der Waals surface area contributed by atoms with Gasteiger partial charge < -0.3 is 30.2 Å². The number of amides is 4. The van der Waals surface area contributed by atoms with E-state index in [0.717, 1.165) is 16.5 Å². The Labute approximate surface area is 326 Å². The smallest absolute Gasteiger partial charge is 0.412 e. The molecule has 1 unspecified atom stereocenters. The number of aromatic nitrogens is 1. The molecule has 3 aromatic rings. The molecule has 0 saturated heterocycles. The van der Waals surface area contributed by atoms with Crippen LogP contribution in [0.2, 0.25) is 0 Å². The third-order valence-electron chi connectivity index (χ3n) is 7.83. The van der Waals surface area contributed by atoms with Crippen LogP contribution in [0, 0.1) is 0 Å². The number of benzene rings is 2. The predicted octanol–water partition coefficient (Wildman–Crippen LogP) is 6.66. The van der Waals surface area contributed by atoms with E-state index in [1.54, 1.807) is 68.5 Å². The number of hydrogen-bond donors (Lipinski definition) is 4. The van der Waals surface area contributed by atoms with Gasteiger partial charge in [0, 0.05) is 38.1 Å². The molecule has 3 rings (SSSR count). The number of ether oxygens (including phenoxy) is 3. The average molecular weight is 764 g/mol. The third-order valence-corrected chi connectivity index (χ3v) is 7.83. The van der Waals surface area contributed by atoms with Gasteiger partial charge in [0.2, 0.25) is 5.91 Å². The number of nitrogens with one attached hydrogen (secondary N) is 4. The Balaban J connectivity index is 2.02. The van der Waals surface area contributed by atoms with E-state index in [4.69, 9.17) is 14.2 Å². The lowest BCUT2D eigenvalue weighted by Gasteiger charge is -2.41. The molecule has 2 aromatic carbocycles. The first-order chi connectivity index (χ1) is 25.7. The Morgan fingerprint density at radius 2 is 1.29 bits per heavy atom. The monoisotopic (exact) mass is 763 g/mol. The molecule has 1 aromatic heterocycles. The molecule has 14 nitrogen and oxygen atoms in total. The Morgan fingerprint density at radius 3 is 1.84 bits per heavy atom. The van der Waals surface area contributed by atoms with Crippen LogP contribution >= 0.6 is 0 Å². The van der Waals surface area contributed by atoms with E-state index in [1.165, 1.54) is 4.90 Å². The highest BCUT2D eigenvalue weighted by Gasteiger charge is 2.35. The van der Waals surface area contributed by atoms with Crippen molar-refractivity contribution in [1.29, 1.82) is 0 Å². The molecule has 14 heteroatoms. The highest BCUT2D eigenvalue weighted by molar-refractivity contribution is 5.96. The lowest BCUT2D eigenvalue weighted by Crippen LogP contribution is -2.64. The number of carbonyl (C=O) groups excluding carboxylic acids is 4.